The average Bonchev–Trinajstić information content (AvgIpc) is 2.48. The van der Waals surface area contributed by atoms with E-state index in [1.807, 2.05) is 24.3 Å². The van der Waals surface area contributed by atoms with Gasteiger partial charge >= 0.3 is 0 Å². The third-order valence-corrected chi connectivity index (χ3v) is 3.77. The van der Waals surface area contributed by atoms with Crippen molar-refractivity contribution in [3.63, 3.8) is 0 Å². The molecule has 0 radical (unpaired) electrons. The van der Waals surface area contributed by atoms with Gasteiger partial charge in [0.25, 0.3) is 0 Å². The van der Waals surface area contributed by atoms with E-state index in [1.165, 1.54) is 16.7 Å². The van der Waals surface area contributed by atoms with Crippen LogP contribution in [0, 0.1) is 12.8 Å². The Morgan fingerprint density at radius 2 is 1.86 bits per heavy atom. The van der Waals surface area contributed by atoms with Gasteiger partial charge in [-0.05, 0) is 55.0 Å². The molecule has 0 saturated heterocycles. The van der Waals surface area contributed by atoms with Crippen LogP contribution in [0.2, 0.25) is 0 Å². The van der Waals surface area contributed by atoms with Gasteiger partial charge in [0.05, 0.1) is 0 Å². The molecule has 0 spiro atoms. The van der Waals surface area contributed by atoms with Crippen molar-refractivity contribution in [2.45, 2.75) is 40.2 Å². The van der Waals surface area contributed by atoms with Crippen molar-refractivity contribution in [2.24, 2.45) is 5.92 Å². The molecule has 2 aromatic rings. The Bertz CT molecular complexity index is 617. The summed E-state index contributed by atoms with van der Waals surface area (Å²) in [5.41, 5.74) is 3.68. The van der Waals surface area contributed by atoms with Crippen LogP contribution in [-0.4, -0.2) is 5.78 Å². The first-order valence-electron chi connectivity index (χ1n) is 7.80. The summed E-state index contributed by atoms with van der Waals surface area (Å²) in [6.45, 7) is 6.47. The fraction of sp³-hybridized carbons (Fsp3) is 0.350. The number of carbonyl (C=O) groups is 1. The van der Waals surface area contributed by atoms with Gasteiger partial charge in [-0.25, -0.2) is 0 Å². The van der Waals surface area contributed by atoms with Crippen LogP contribution in [0.15, 0.2) is 48.5 Å². The number of aryl methyl sites for hydroxylation is 1. The molecule has 0 amide bonds. The highest BCUT2D eigenvalue weighted by molar-refractivity contribution is 5.75. The lowest BCUT2D eigenvalue weighted by Crippen LogP contribution is -2.06. The molecule has 0 aliphatic heterocycles. The zero-order valence-corrected chi connectivity index (χ0v) is 13.6. The Balaban J connectivity index is 1.95. The highest BCUT2D eigenvalue weighted by Crippen LogP contribution is 2.22. The van der Waals surface area contributed by atoms with Gasteiger partial charge in [-0.3, -0.25) is 0 Å². The Morgan fingerprint density at radius 3 is 2.50 bits per heavy atom. The van der Waals surface area contributed by atoms with Crippen molar-refractivity contribution in [3.05, 3.63) is 65.2 Å². The quantitative estimate of drug-likeness (QED) is 0.738. The predicted molar refractivity (Wildman–Crippen MR) is 90.1 cm³/mol. The van der Waals surface area contributed by atoms with E-state index in [2.05, 4.69) is 38.1 Å². The third kappa shape index (κ3) is 5.03. The molecule has 2 nitrogen and oxygen atoms in total. The molecule has 1 unspecified atom stereocenters. The Kier molecular flexibility index (Phi) is 5.76. The van der Waals surface area contributed by atoms with Crippen molar-refractivity contribution in [1.82, 2.24) is 0 Å². The minimum atomic E-state index is 0.257. The van der Waals surface area contributed by atoms with E-state index >= 15 is 0 Å². The summed E-state index contributed by atoms with van der Waals surface area (Å²) < 4.78 is 5.84. The lowest BCUT2D eigenvalue weighted by atomic mass is 9.94. The molecule has 0 saturated carbocycles. The second kappa shape index (κ2) is 7.79. The summed E-state index contributed by atoms with van der Waals surface area (Å²) in [6, 6.07) is 16.4. The maximum atomic E-state index is 11.2. The van der Waals surface area contributed by atoms with E-state index in [9.17, 15) is 4.79 Å². The van der Waals surface area contributed by atoms with Gasteiger partial charge in [-0.2, -0.15) is 0 Å². The van der Waals surface area contributed by atoms with Crippen LogP contribution in [0.25, 0.3) is 0 Å². The second-order valence-corrected chi connectivity index (χ2v) is 6.08. The van der Waals surface area contributed by atoms with E-state index in [-0.39, 0.29) is 5.78 Å². The smallest absolute Gasteiger partial charge is 0.130 e. The van der Waals surface area contributed by atoms with E-state index in [0.717, 1.165) is 12.2 Å². The van der Waals surface area contributed by atoms with Gasteiger partial charge in [-0.1, -0.05) is 43.3 Å². The van der Waals surface area contributed by atoms with Crippen molar-refractivity contribution < 1.29 is 9.53 Å². The van der Waals surface area contributed by atoms with Gasteiger partial charge in [-0.15, -0.1) is 0 Å². The average molecular weight is 296 g/mol. The van der Waals surface area contributed by atoms with Crippen LogP contribution < -0.4 is 4.74 Å². The van der Waals surface area contributed by atoms with E-state index < -0.39 is 0 Å². The molecule has 0 aromatic heterocycles. The summed E-state index contributed by atoms with van der Waals surface area (Å²) in [7, 11) is 0. The van der Waals surface area contributed by atoms with Gasteiger partial charge < -0.3 is 9.53 Å². The minimum absolute atomic E-state index is 0.257. The molecular weight excluding hydrogens is 272 g/mol. The summed E-state index contributed by atoms with van der Waals surface area (Å²) in [5.74, 6) is 1.53. The zero-order valence-electron chi connectivity index (χ0n) is 13.6. The maximum absolute atomic E-state index is 11.2. The molecule has 1 atom stereocenters. The van der Waals surface area contributed by atoms with Crippen LogP contribution in [0.4, 0.5) is 0 Å². The van der Waals surface area contributed by atoms with E-state index in [0.29, 0.717) is 18.9 Å². The van der Waals surface area contributed by atoms with Crippen LogP contribution >= 0.6 is 0 Å². The number of ether oxygens (including phenoxy) is 1. The molecule has 0 N–H and O–H groups in total. The fourth-order valence-corrected chi connectivity index (χ4v) is 2.67. The molecule has 0 heterocycles. The molecule has 0 bridgehead atoms. The van der Waals surface area contributed by atoms with Crippen molar-refractivity contribution in [3.8, 4) is 5.75 Å². The molecule has 22 heavy (non-hydrogen) atoms. The number of hydrogen-bond acceptors (Lipinski definition) is 2. The monoisotopic (exact) mass is 296 g/mol. The van der Waals surface area contributed by atoms with E-state index in [1.54, 1.807) is 6.92 Å². The first-order valence-corrected chi connectivity index (χ1v) is 7.80. The second-order valence-electron chi connectivity index (χ2n) is 6.08. The van der Waals surface area contributed by atoms with Gasteiger partial charge in [0.1, 0.15) is 18.1 Å². The lowest BCUT2D eigenvalue weighted by molar-refractivity contribution is -0.117. The van der Waals surface area contributed by atoms with Crippen LogP contribution in [0.3, 0.4) is 0 Å². The molecule has 2 heteroatoms. The standard InChI is InChI=1S/C20H24O2/c1-15(11-17(3)21)12-19-9-10-20(13-16(19)2)22-14-18-7-5-4-6-8-18/h4-10,13,15H,11-12,14H2,1-3H3. The SMILES string of the molecule is CC(=O)CC(C)Cc1ccc(OCc2ccccc2)cc1C. The van der Waals surface area contributed by atoms with Crippen LogP contribution in [0.5, 0.6) is 5.75 Å². The van der Waals surface area contributed by atoms with E-state index in [4.69, 9.17) is 4.74 Å². The molecular formula is C20H24O2. The number of rotatable bonds is 7. The molecule has 0 fully saturated rings. The predicted octanol–water partition coefficient (Wildman–Crippen LogP) is 4.73. The van der Waals surface area contributed by atoms with Crippen molar-refractivity contribution in [1.29, 1.82) is 0 Å². The lowest BCUT2D eigenvalue weighted by Gasteiger charge is -2.13. The summed E-state index contributed by atoms with van der Waals surface area (Å²) in [5, 5.41) is 0. The first-order chi connectivity index (χ1) is 10.5. The van der Waals surface area contributed by atoms with Gasteiger partial charge in [0.15, 0.2) is 0 Å². The summed E-state index contributed by atoms with van der Waals surface area (Å²) >= 11 is 0. The highest BCUT2D eigenvalue weighted by atomic mass is 16.5. The molecule has 2 aromatic carbocycles. The number of Topliss-reactive ketones (excluding diaryl/α,β-unsaturated/α-hetero) is 1. The Morgan fingerprint density at radius 1 is 1.14 bits per heavy atom. The topological polar surface area (TPSA) is 26.3 Å². The highest BCUT2D eigenvalue weighted by Gasteiger charge is 2.09. The number of benzene rings is 2. The minimum Gasteiger partial charge on any atom is -0.489 e. The number of hydrogen-bond donors (Lipinski definition) is 0. The van der Waals surface area contributed by atoms with Crippen molar-refractivity contribution >= 4 is 5.78 Å². The Hall–Kier alpha value is -2.09. The molecule has 0 aliphatic rings. The normalized spacial score (nSPS) is 12.0. The molecule has 0 aliphatic carbocycles. The van der Waals surface area contributed by atoms with Gasteiger partial charge in [0.2, 0.25) is 0 Å². The van der Waals surface area contributed by atoms with Crippen LogP contribution in [-0.2, 0) is 17.8 Å². The number of ketones is 1. The first kappa shape index (κ1) is 16.3. The van der Waals surface area contributed by atoms with Crippen molar-refractivity contribution in [2.75, 3.05) is 0 Å². The third-order valence-electron chi connectivity index (χ3n) is 3.77. The number of carbonyl (C=O) groups excluding carboxylic acids is 1. The van der Waals surface area contributed by atoms with Crippen LogP contribution in [0.1, 0.15) is 37.0 Å². The molecule has 2 rings (SSSR count). The fourth-order valence-electron chi connectivity index (χ4n) is 2.67. The Labute approximate surface area is 133 Å². The summed E-state index contributed by atoms with van der Waals surface area (Å²) in [6.07, 6.45) is 1.58. The molecule has 116 valence electrons. The maximum Gasteiger partial charge on any atom is 0.130 e. The zero-order chi connectivity index (χ0) is 15.9. The largest absolute Gasteiger partial charge is 0.489 e. The summed E-state index contributed by atoms with van der Waals surface area (Å²) in [4.78, 5) is 11.2. The van der Waals surface area contributed by atoms with Gasteiger partial charge in [0, 0.05) is 6.42 Å².